The SMILES string of the molecule is CCCN(C)CCn1cc2cc(C3=C(c4ccccc4C)CCCc4cc(O)ccc43)ccc2n1. The minimum Gasteiger partial charge on any atom is -0.508 e. The first-order valence-corrected chi connectivity index (χ1v) is 12.8. The molecule has 4 aromatic rings. The van der Waals surface area contributed by atoms with Crippen LogP contribution in [0.2, 0.25) is 0 Å². The van der Waals surface area contributed by atoms with Gasteiger partial charge in [0.2, 0.25) is 0 Å². The molecule has 5 rings (SSSR count). The molecular weight excluding hydrogens is 430 g/mol. The van der Waals surface area contributed by atoms with Gasteiger partial charge in [-0.05, 0) is 109 Å². The number of hydrogen-bond donors (Lipinski definition) is 1. The van der Waals surface area contributed by atoms with Crippen LogP contribution in [0.25, 0.3) is 22.0 Å². The Bertz CT molecular complexity index is 1380. The molecule has 1 aliphatic rings. The van der Waals surface area contributed by atoms with E-state index in [-0.39, 0.29) is 0 Å². The number of hydrogen-bond acceptors (Lipinski definition) is 3. The first-order chi connectivity index (χ1) is 17.0. The van der Waals surface area contributed by atoms with Crippen molar-refractivity contribution in [3.05, 3.63) is 94.7 Å². The molecule has 0 bridgehead atoms. The van der Waals surface area contributed by atoms with Crippen molar-refractivity contribution in [1.29, 1.82) is 0 Å². The van der Waals surface area contributed by atoms with Crippen LogP contribution in [0.3, 0.4) is 0 Å². The van der Waals surface area contributed by atoms with Gasteiger partial charge in [0, 0.05) is 18.1 Å². The number of aromatic nitrogens is 2. The third-order valence-electron chi connectivity index (χ3n) is 7.16. The van der Waals surface area contributed by atoms with Gasteiger partial charge in [-0.2, -0.15) is 5.10 Å². The van der Waals surface area contributed by atoms with Crippen LogP contribution >= 0.6 is 0 Å². The summed E-state index contributed by atoms with van der Waals surface area (Å²) in [7, 11) is 2.17. The average molecular weight is 466 g/mol. The molecule has 0 spiro atoms. The number of rotatable bonds is 7. The number of nitrogens with zero attached hydrogens (tertiary/aromatic N) is 3. The Morgan fingerprint density at radius 3 is 2.66 bits per heavy atom. The molecule has 180 valence electrons. The summed E-state index contributed by atoms with van der Waals surface area (Å²) in [5.74, 6) is 0.340. The summed E-state index contributed by atoms with van der Waals surface area (Å²) in [4.78, 5) is 2.36. The number of allylic oxidation sites excluding steroid dienone is 1. The Morgan fingerprint density at radius 1 is 0.971 bits per heavy atom. The van der Waals surface area contributed by atoms with Crippen LogP contribution in [0.4, 0.5) is 0 Å². The van der Waals surface area contributed by atoms with Crippen molar-refractivity contribution in [2.24, 2.45) is 0 Å². The number of aryl methyl sites for hydroxylation is 2. The Morgan fingerprint density at radius 2 is 1.83 bits per heavy atom. The molecule has 3 aromatic carbocycles. The topological polar surface area (TPSA) is 41.3 Å². The minimum atomic E-state index is 0.340. The smallest absolute Gasteiger partial charge is 0.115 e. The van der Waals surface area contributed by atoms with Crippen LogP contribution in [-0.4, -0.2) is 39.9 Å². The molecule has 4 heteroatoms. The van der Waals surface area contributed by atoms with Gasteiger partial charge in [0.25, 0.3) is 0 Å². The molecule has 0 saturated carbocycles. The van der Waals surface area contributed by atoms with Crippen molar-refractivity contribution in [2.75, 3.05) is 20.1 Å². The highest BCUT2D eigenvalue weighted by Crippen LogP contribution is 2.42. The zero-order valence-corrected chi connectivity index (χ0v) is 21.1. The third-order valence-corrected chi connectivity index (χ3v) is 7.16. The van der Waals surface area contributed by atoms with Crippen LogP contribution in [0.1, 0.15) is 54.0 Å². The lowest BCUT2D eigenvalue weighted by atomic mass is 9.86. The predicted octanol–water partition coefficient (Wildman–Crippen LogP) is 6.69. The highest BCUT2D eigenvalue weighted by molar-refractivity contribution is 6.02. The lowest BCUT2D eigenvalue weighted by Gasteiger charge is -2.18. The van der Waals surface area contributed by atoms with E-state index < -0.39 is 0 Å². The summed E-state index contributed by atoms with van der Waals surface area (Å²) in [6, 6.07) is 21.2. The minimum absolute atomic E-state index is 0.340. The molecule has 0 amide bonds. The lowest BCUT2D eigenvalue weighted by molar-refractivity contribution is 0.313. The maximum Gasteiger partial charge on any atom is 0.115 e. The standard InChI is InChI=1S/C31H35N3O/c1-4-16-33(3)17-18-34-21-25-19-24(12-15-30(25)32-34)31-28-14-13-26(35)20-23(28)9-7-11-29(31)27-10-6-5-8-22(27)2/h5-6,8,10,12-15,19-21,35H,4,7,9,11,16-18H2,1-3H3. The van der Waals surface area contributed by atoms with Crippen molar-refractivity contribution >= 4 is 22.0 Å². The van der Waals surface area contributed by atoms with E-state index in [4.69, 9.17) is 5.10 Å². The van der Waals surface area contributed by atoms with Crippen molar-refractivity contribution in [3.8, 4) is 5.75 Å². The summed E-state index contributed by atoms with van der Waals surface area (Å²) in [5, 5.41) is 16.2. The number of benzene rings is 3. The van der Waals surface area contributed by atoms with E-state index in [2.05, 4.69) is 85.2 Å². The van der Waals surface area contributed by atoms with Gasteiger partial charge in [-0.25, -0.2) is 0 Å². The third kappa shape index (κ3) is 4.89. The second kappa shape index (κ2) is 10.1. The van der Waals surface area contributed by atoms with Crippen molar-refractivity contribution in [1.82, 2.24) is 14.7 Å². The van der Waals surface area contributed by atoms with E-state index in [1.54, 1.807) is 0 Å². The number of phenols is 1. The lowest BCUT2D eigenvalue weighted by Crippen LogP contribution is -2.24. The Kier molecular flexibility index (Phi) is 6.74. The fraction of sp³-hybridized carbons (Fsp3) is 0.323. The van der Waals surface area contributed by atoms with Gasteiger partial charge in [0.1, 0.15) is 5.75 Å². The number of aromatic hydroxyl groups is 1. The van der Waals surface area contributed by atoms with Crippen molar-refractivity contribution in [3.63, 3.8) is 0 Å². The second-order valence-electron chi connectivity index (χ2n) is 9.83. The van der Waals surface area contributed by atoms with E-state index in [9.17, 15) is 5.11 Å². The van der Waals surface area contributed by atoms with E-state index in [1.165, 1.54) is 50.8 Å². The van der Waals surface area contributed by atoms with Gasteiger partial charge in [-0.3, -0.25) is 4.68 Å². The summed E-state index contributed by atoms with van der Waals surface area (Å²) in [6.45, 7) is 7.40. The monoisotopic (exact) mass is 465 g/mol. The molecule has 1 heterocycles. The van der Waals surface area contributed by atoms with Crippen molar-refractivity contribution in [2.45, 2.75) is 46.1 Å². The molecule has 0 atom stereocenters. The fourth-order valence-electron chi connectivity index (χ4n) is 5.40. The molecule has 0 radical (unpaired) electrons. The Hall–Kier alpha value is -3.37. The molecule has 1 N–H and O–H groups in total. The molecule has 0 saturated heterocycles. The van der Waals surface area contributed by atoms with E-state index in [0.717, 1.165) is 44.4 Å². The molecule has 0 fully saturated rings. The molecule has 1 aliphatic carbocycles. The van der Waals surface area contributed by atoms with Crippen molar-refractivity contribution < 1.29 is 5.11 Å². The molecule has 0 aliphatic heterocycles. The van der Waals surface area contributed by atoms with E-state index >= 15 is 0 Å². The number of fused-ring (bicyclic) bond motifs is 2. The van der Waals surface area contributed by atoms with Crippen LogP contribution in [0.15, 0.2) is 66.9 Å². The van der Waals surface area contributed by atoms with Gasteiger partial charge in [0.15, 0.2) is 0 Å². The van der Waals surface area contributed by atoms with Crippen LogP contribution in [-0.2, 0) is 13.0 Å². The average Bonchev–Trinajstić information content (AvgIpc) is 3.16. The molecular formula is C31H35N3O. The first kappa shape index (κ1) is 23.4. The zero-order chi connectivity index (χ0) is 24.4. The maximum absolute atomic E-state index is 10.2. The Labute approximate surface area is 208 Å². The summed E-state index contributed by atoms with van der Waals surface area (Å²) < 4.78 is 2.08. The molecule has 4 nitrogen and oxygen atoms in total. The largest absolute Gasteiger partial charge is 0.508 e. The summed E-state index contributed by atoms with van der Waals surface area (Å²) in [6.07, 6.45) is 6.39. The summed E-state index contributed by atoms with van der Waals surface area (Å²) in [5.41, 5.74) is 9.98. The maximum atomic E-state index is 10.2. The number of phenolic OH excluding ortho intramolecular Hbond substituents is 1. The fourth-order valence-corrected chi connectivity index (χ4v) is 5.40. The van der Waals surface area contributed by atoms with Gasteiger partial charge in [-0.15, -0.1) is 0 Å². The van der Waals surface area contributed by atoms with Gasteiger partial charge in [0.05, 0.1) is 12.1 Å². The quantitative estimate of drug-likeness (QED) is 0.331. The number of likely N-dealkylation sites (N-methyl/N-ethyl adjacent to an activating group) is 1. The highest BCUT2D eigenvalue weighted by atomic mass is 16.3. The van der Waals surface area contributed by atoms with Gasteiger partial charge in [-0.1, -0.05) is 43.3 Å². The van der Waals surface area contributed by atoms with Crippen LogP contribution in [0, 0.1) is 6.92 Å². The highest BCUT2D eigenvalue weighted by Gasteiger charge is 2.22. The molecule has 35 heavy (non-hydrogen) atoms. The van der Waals surface area contributed by atoms with Crippen LogP contribution in [0.5, 0.6) is 5.75 Å². The van der Waals surface area contributed by atoms with Gasteiger partial charge < -0.3 is 10.0 Å². The molecule has 1 aromatic heterocycles. The summed E-state index contributed by atoms with van der Waals surface area (Å²) >= 11 is 0. The van der Waals surface area contributed by atoms with E-state index in [0.29, 0.717) is 5.75 Å². The first-order valence-electron chi connectivity index (χ1n) is 12.8. The second-order valence-corrected chi connectivity index (χ2v) is 9.83. The normalized spacial score (nSPS) is 13.9. The van der Waals surface area contributed by atoms with Gasteiger partial charge >= 0.3 is 0 Å². The Balaban J connectivity index is 1.62. The van der Waals surface area contributed by atoms with E-state index in [1.807, 2.05) is 12.1 Å². The predicted molar refractivity (Wildman–Crippen MR) is 146 cm³/mol. The zero-order valence-electron chi connectivity index (χ0n) is 21.1. The molecule has 0 unspecified atom stereocenters. The van der Waals surface area contributed by atoms with Crippen LogP contribution < -0.4 is 0 Å².